The summed E-state index contributed by atoms with van der Waals surface area (Å²) in [5.74, 6) is 4.96. The van der Waals surface area contributed by atoms with Crippen LogP contribution in [0.5, 0.6) is 0 Å². The van der Waals surface area contributed by atoms with Gasteiger partial charge in [0.2, 0.25) is 6.35 Å². The van der Waals surface area contributed by atoms with Gasteiger partial charge in [-0.25, -0.2) is 15.1 Å². The summed E-state index contributed by atoms with van der Waals surface area (Å²) in [6.45, 7) is 2.44. The Kier molecular flexibility index (Phi) is 7.21. The number of hydrogen-bond acceptors (Lipinski definition) is 8. The van der Waals surface area contributed by atoms with Gasteiger partial charge in [-0.1, -0.05) is 12.1 Å². The number of aliphatic hydroxyl groups is 1. The van der Waals surface area contributed by atoms with Gasteiger partial charge in [-0.15, -0.1) is 0 Å². The molecule has 0 aliphatic carbocycles. The van der Waals surface area contributed by atoms with Gasteiger partial charge in [0.1, 0.15) is 17.3 Å². The summed E-state index contributed by atoms with van der Waals surface area (Å²) in [5.41, 5.74) is -0.0214. The largest absolute Gasteiger partial charge is 0.395 e. The van der Waals surface area contributed by atoms with Crippen LogP contribution in [-0.2, 0) is 29.2 Å². The molecule has 0 bridgehead atoms. The maximum absolute atomic E-state index is 13.3. The molecule has 1 unspecified atom stereocenters. The molecule has 0 radical (unpaired) electrons. The van der Waals surface area contributed by atoms with Gasteiger partial charge in [-0.05, 0) is 31.0 Å². The Labute approximate surface area is 172 Å². The van der Waals surface area contributed by atoms with E-state index in [4.69, 9.17) is 10.6 Å². The Morgan fingerprint density at radius 1 is 1.20 bits per heavy atom. The van der Waals surface area contributed by atoms with Gasteiger partial charge in [0, 0.05) is 19.7 Å². The second-order valence-corrected chi connectivity index (χ2v) is 6.74. The first-order chi connectivity index (χ1) is 14.5. The standard InChI is InChI=1S/C19H26FN5O5/c1-2-29-18-22-16-15(25(18)12-13-4-6-14(20)7-5-13)17(27)24(8-3-11-30-21)19(28)23(16)9-10-26/h4-7,18,22,26H,2-3,8-12,21H2,1H3. The Morgan fingerprint density at radius 2 is 1.93 bits per heavy atom. The van der Waals surface area contributed by atoms with E-state index in [-0.39, 0.29) is 50.2 Å². The fourth-order valence-corrected chi connectivity index (χ4v) is 3.45. The van der Waals surface area contributed by atoms with Crippen molar-refractivity contribution in [2.24, 2.45) is 5.90 Å². The molecule has 1 aromatic heterocycles. The lowest BCUT2D eigenvalue weighted by atomic mass is 10.2. The third-order valence-corrected chi connectivity index (χ3v) is 4.79. The van der Waals surface area contributed by atoms with Crippen LogP contribution in [0, 0.1) is 5.82 Å². The minimum absolute atomic E-state index is 0.00503. The number of aliphatic hydroxyl groups excluding tert-OH is 1. The van der Waals surface area contributed by atoms with E-state index in [9.17, 15) is 19.1 Å². The summed E-state index contributed by atoms with van der Waals surface area (Å²) < 4.78 is 21.5. The van der Waals surface area contributed by atoms with Gasteiger partial charge in [0.25, 0.3) is 5.56 Å². The first-order valence-electron chi connectivity index (χ1n) is 9.71. The number of hydrogen-bond donors (Lipinski definition) is 3. The SMILES string of the molecule is CCOC1Nc2c(c(=O)n(CCCON)c(=O)n2CCO)N1Cc1ccc(F)cc1. The fourth-order valence-electron chi connectivity index (χ4n) is 3.45. The average molecular weight is 423 g/mol. The van der Waals surface area contributed by atoms with Crippen molar-refractivity contribution in [3.8, 4) is 0 Å². The molecule has 1 aromatic carbocycles. The quantitative estimate of drug-likeness (QED) is 0.365. The Hall–Kier alpha value is -2.73. The van der Waals surface area contributed by atoms with Crippen molar-refractivity contribution >= 4 is 11.5 Å². The number of nitrogens with two attached hydrogens (primary N) is 1. The van der Waals surface area contributed by atoms with Crippen LogP contribution in [0.3, 0.4) is 0 Å². The highest BCUT2D eigenvalue weighted by molar-refractivity contribution is 5.71. The summed E-state index contributed by atoms with van der Waals surface area (Å²) in [7, 11) is 0. The zero-order valence-corrected chi connectivity index (χ0v) is 16.7. The number of nitrogens with one attached hydrogen (secondary N) is 1. The molecule has 164 valence electrons. The van der Waals surface area contributed by atoms with E-state index in [1.54, 1.807) is 17.0 Å². The summed E-state index contributed by atoms with van der Waals surface area (Å²) >= 11 is 0. The van der Waals surface area contributed by atoms with Crippen LogP contribution >= 0.6 is 0 Å². The number of halogens is 1. The van der Waals surface area contributed by atoms with Crippen molar-refractivity contribution in [2.75, 3.05) is 30.0 Å². The minimum Gasteiger partial charge on any atom is -0.395 e. The van der Waals surface area contributed by atoms with Crippen LogP contribution < -0.4 is 27.4 Å². The normalized spacial score (nSPS) is 15.3. The molecule has 1 atom stereocenters. The van der Waals surface area contributed by atoms with E-state index < -0.39 is 17.6 Å². The second-order valence-electron chi connectivity index (χ2n) is 6.74. The highest BCUT2D eigenvalue weighted by Crippen LogP contribution is 2.32. The van der Waals surface area contributed by atoms with E-state index in [1.807, 2.05) is 6.92 Å². The smallest absolute Gasteiger partial charge is 0.332 e. The van der Waals surface area contributed by atoms with E-state index in [0.717, 1.165) is 10.1 Å². The van der Waals surface area contributed by atoms with Crippen molar-refractivity contribution in [3.05, 3.63) is 56.5 Å². The molecule has 0 saturated carbocycles. The van der Waals surface area contributed by atoms with Crippen LogP contribution in [0.25, 0.3) is 0 Å². The van der Waals surface area contributed by atoms with Crippen molar-refractivity contribution in [2.45, 2.75) is 39.3 Å². The summed E-state index contributed by atoms with van der Waals surface area (Å²) in [5, 5.41) is 12.5. The molecule has 0 amide bonds. The van der Waals surface area contributed by atoms with Crippen molar-refractivity contribution in [3.63, 3.8) is 0 Å². The molecule has 0 spiro atoms. The lowest BCUT2D eigenvalue weighted by Gasteiger charge is -2.25. The maximum Gasteiger partial charge on any atom is 0.332 e. The number of benzene rings is 1. The fraction of sp³-hybridized carbons (Fsp3) is 0.474. The number of aromatic nitrogens is 2. The highest BCUT2D eigenvalue weighted by atomic mass is 19.1. The Bertz CT molecular complexity index is 975. The lowest BCUT2D eigenvalue weighted by Crippen LogP contribution is -2.43. The first kappa shape index (κ1) is 22.0. The number of rotatable bonds is 10. The molecular formula is C19H26FN5O5. The molecule has 30 heavy (non-hydrogen) atoms. The molecule has 2 heterocycles. The summed E-state index contributed by atoms with van der Waals surface area (Å²) in [6.07, 6.45) is -0.334. The predicted molar refractivity (Wildman–Crippen MR) is 108 cm³/mol. The van der Waals surface area contributed by atoms with Crippen LogP contribution in [0.2, 0.25) is 0 Å². The summed E-state index contributed by atoms with van der Waals surface area (Å²) in [6, 6.07) is 5.93. The van der Waals surface area contributed by atoms with Crippen molar-refractivity contribution < 1.29 is 19.1 Å². The molecule has 1 aliphatic rings. The molecule has 3 rings (SSSR count). The summed E-state index contributed by atoms with van der Waals surface area (Å²) in [4.78, 5) is 32.4. The van der Waals surface area contributed by atoms with Crippen LogP contribution in [0.15, 0.2) is 33.9 Å². The lowest BCUT2D eigenvalue weighted by molar-refractivity contribution is 0.0826. The molecule has 2 aromatic rings. The highest BCUT2D eigenvalue weighted by Gasteiger charge is 2.36. The number of anilines is 2. The van der Waals surface area contributed by atoms with Crippen molar-refractivity contribution in [1.29, 1.82) is 0 Å². The number of fused-ring (bicyclic) bond motifs is 1. The first-order valence-corrected chi connectivity index (χ1v) is 9.71. The molecule has 11 heteroatoms. The molecule has 10 nitrogen and oxygen atoms in total. The van der Waals surface area contributed by atoms with Crippen LogP contribution in [-0.4, -0.2) is 40.4 Å². The zero-order chi connectivity index (χ0) is 21.7. The third-order valence-electron chi connectivity index (χ3n) is 4.79. The average Bonchev–Trinajstić information content (AvgIpc) is 3.08. The Morgan fingerprint density at radius 3 is 2.57 bits per heavy atom. The predicted octanol–water partition coefficient (Wildman–Crippen LogP) is 0.174. The Balaban J connectivity index is 2.09. The number of ether oxygens (including phenoxy) is 1. The maximum atomic E-state index is 13.3. The molecule has 1 aliphatic heterocycles. The van der Waals surface area contributed by atoms with E-state index in [2.05, 4.69) is 10.2 Å². The zero-order valence-electron chi connectivity index (χ0n) is 16.7. The third kappa shape index (κ3) is 4.38. The van der Waals surface area contributed by atoms with Gasteiger partial charge in [0.15, 0.2) is 0 Å². The molecule has 4 N–H and O–H groups in total. The van der Waals surface area contributed by atoms with E-state index in [1.165, 1.54) is 16.7 Å². The monoisotopic (exact) mass is 423 g/mol. The van der Waals surface area contributed by atoms with Gasteiger partial charge in [0.05, 0.1) is 19.8 Å². The number of nitrogens with zero attached hydrogens (tertiary/aromatic N) is 3. The van der Waals surface area contributed by atoms with Crippen molar-refractivity contribution in [1.82, 2.24) is 9.13 Å². The van der Waals surface area contributed by atoms with Crippen LogP contribution in [0.4, 0.5) is 15.9 Å². The van der Waals surface area contributed by atoms with Gasteiger partial charge < -0.3 is 24.9 Å². The van der Waals surface area contributed by atoms with E-state index in [0.29, 0.717) is 13.0 Å². The minimum atomic E-state index is -0.699. The topological polar surface area (TPSA) is 124 Å². The second kappa shape index (κ2) is 9.85. The van der Waals surface area contributed by atoms with Crippen LogP contribution in [0.1, 0.15) is 18.9 Å². The van der Waals surface area contributed by atoms with Gasteiger partial charge in [-0.3, -0.25) is 13.9 Å². The van der Waals surface area contributed by atoms with Gasteiger partial charge >= 0.3 is 5.69 Å². The van der Waals surface area contributed by atoms with Gasteiger partial charge in [-0.2, -0.15) is 0 Å². The molecular weight excluding hydrogens is 397 g/mol. The molecule has 0 saturated heterocycles. The van der Waals surface area contributed by atoms with E-state index >= 15 is 0 Å². The molecule has 0 fully saturated rings.